The Kier molecular flexibility index (Phi) is 23.6. The van der Waals surface area contributed by atoms with E-state index in [4.69, 9.17) is 9.84 Å². The van der Waals surface area contributed by atoms with E-state index in [0.717, 1.165) is 94.7 Å². The number of piperazine rings is 1. The van der Waals surface area contributed by atoms with Gasteiger partial charge in [-0.15, -0.1) is 0 Å². The maximum Gasteiger partial charge on any atom is 0.311 e. The predicted octanol–water partition coefficient (Wildman–Crippen LogP) is 12.4. The molecule has 1 aromatic carbocycles. The summed E-state index contributed by atoms with van der Waals surface area (Å²) in [6, 6.07) is 3.75. The van der Waals surface area contributed by atoms with Crippen molar-refractivity contribution in [3.05, 3.63) is 34.6 Å². The number of ether oxygens (including phenoxy) is 1. The molecule has 56 heavy (non-hydrogen) atoms. The van der Waals surface area contributed by atoms with E-state index in [1.54, 1.807) is 6.07 Å². The molecular formula is C47H82N6O3. The standard InChI is InChI=1S/C47H82N6O3/c1-3-5-7-9-11-13-15-17-19-21-23-25-31-52-41-43(39-49-52)44-37-46(53(54)55)47(56-36-26-24-22-20-18-16-14-12-10-8-6-4-2)38-45(44)51-32-27-42(28-33-51)40-50-34-29-48-30-35-50/h37-39,41-42,48H,3-36,40H2,1-2H3. The van der Waals surface area contributed by atoms with Gasteiger partial charge in [-0.1, -0.05) is 155 Å². The normalized spacial score (nSPS) is 15.5. The molecule has 4 rings (SSSR count). The molecule has 9 nitrogen and oxygen atoms in total. The van der Waals surface area contributed by atoms with Gasteiger partial charge in [0, 0.05) is 87.5 Å². The highest BCUT2D eigenvalue weighted by Crippen LogP contribution is 2.42. The summed E-state index contributed by atoms with van der Waals surface area (Å²) in [6.45, 7) is 13.5. The molecular weight excluding hydrogens is 697 g/mol. The fourth-order valence-corrected chi connectivity index (χ4v) is 8.79. The predicted molar refractivity (Wildman–Crippen MR) is 236 cm³/mol. The number of hydrogen-bond acceptors (Lipinski definition) is 7. The van der Waals surface area contributed by atoms with Gasteiger partial charge in [-0.25, -0.2) is 0 Å². The Bertz CT molecular complexity index is 1300. The number of unbranched alkanes of at least 4 members (excludes halogenated alkanes) is 22. The van der Waals surface area contributed by atoms with Crippen molar-refractivity contribution in [1.29, 1.82) is 0 Å². The summed E-state index contributed by atoms with van der Waals surface area (Å²) < 4.78 is 8.30. The van der Waals surface area contributed by atoms with Crippen molar-refractivity contribution >= 4 is 11.4 Å². The number of aryl methyl sites for hydroxylation is 1. The summed E-state index contributed by atoms with van der Waals surface area (Å²) in [5.41, 5.74) is 2.96. The minimum atomic E-state index is -0.262. The molecule has 2 saturated heterocycles. The van der Waals surface area contributed by atoms with Crippen LogP contribution in [0, 0.1) is 16.0 Å². The molecule has 0 bridgehead atoms. The van der Waals surface area contributed by atoms with E-state index in [1.807, 2.05) is 16.9 Å². The number of aromatic nitrogens is 2. The van der Waals surface area contributed by atoms with Gasteiger partial charge in [-0.05, 0) is 31.6 Å². The fraction of sp³-hybridized carbons (Fsp3) is 0.809. The Morgan fingerprint density at radius 3 is 1.77 bits per heavy atom. The van der Waals surface area contributed by atoms with E-state index in [9.17, 15) is 10.1 Å². The van der Waals surface area contributed by atoms with Crippen LogP contribution >= 0.6 is 0 Å². The first-order valence-electron chi connectivity index (χ1n) is 23.7. The van der Waals surface area contributed by atoms with Crippen LogP contribution in [-0.2, 0) is 6.54 Å². The molecule has 9 heteroatoms. The van der Waals surface area contributed by atoms with Crippen molar-refractivity contribution in [2.75, 3.05) is 57.3 Å². The zero-order chi connectivity index (χ0) is 39.5. The maximum absolute atomic E-state index is 12.5. The van der Waals surface area contributed by atoms with Crippen molar-refractivity contribution in [2.45, 2.75) is 187 Å². The van der Waals surface area contributed by atoms with Crippen LogP contribution in [0.3, 0.4) is 0 Å². The number of nitrogens with zero attached hydrogens (tertiary/aromatic N) is 5. The van der Waals surface area contributed by atoms with E-state index in [2.05, 4.69) is 35.2 Å². The van der Waals surface area contributed by atoms with Crippen molar-refractivity contribution in [1.82, 2.24) is 20.0 Å². The van der Waals surface area contributed by atoms with Gasteiger partial charge in [0.05, 0.1) is 17.7 Å². The second-order valence-corrected chi connectivity index (χ2v) is 17.2. The third-order valence-corrected chi connectivity index (χ3v) is 12.4. The van der Waals surface area contributed by atoms with Crippen LogP contribution in [0.1, 0.15) is 181 Å². The Hall–Kier alpha value is -2.65. The van der Waals surface area contributed by atoms with Crippen molar-refractivity contribution < 1.29 is 9.66 Å². The van der Waals surface area contributed by atoms with Gasteiger partial charge in [-0.3, -0.25) is 14.8 Å². The van der Waals surface area contributed by atoms with Crippen molar-refractivity contribution in [3.63, 3.8) is 0 Å². The van der Waals surface area contributed by atoms with E-state index < -0.39 is 0 Å². The van der Waals surface area contributed by atoms with Gasteiger partial charge in [0.25, 0.3) is 0 Å². The number of rotatable bonds is 32. The number of nitro groups is 1. The monoisotopic (exact) mass is 779 g/mol. The van der Waals surface area contributed by atoms with Gasteiger partial charge >= 0.3 is 5.69 Å². The van der Waals surface area contributed by atoms with Crippen LogP contribution in [0.2, 0.25) is 0 Å². The SMILES string of the molecule is CCCCCCCCCCCCCCOc1cc(N2CCC(CN3CCNCC3)CC2)c(-c2cnn(CCCCCCCCCCCCCC)c2)cc1[N+](=O)[O-]. The molecule has 1 N–H and O–H groups in total. The van der Waals surface area contributed by atoms with Gasteiger partial charge in [0.15, 0.2) is 5.75 Å². The summed E-state index contributed by atoms with van der Waals surface area (Å²) in [5.74, 6) is 1.09. The Morgan fingerprint density at radius 2 is 1.23 bits per heavy atom. The number of nitro benzene ring substituents is 1. The molecule has 0 radical (unpaired) electrons. The number of nitrogens with one attached hydrogen (secondary N) is 1. The van der Waals surface area contributed by atoms with Crippen molar-refractivity contribution in [2.24, 2.45) is 5.92 Å². The molecule has 2 aliphatic rings. The molecule has 0 aliphatic carbocycles. The summed E-state index contributed by atoms with van der Waals surface area (Å²) in [5, 5.41) is 20.7. The molecule has 0 spiro atoms. The average molecular weight is 779 g/mol. The summed E-state index contributed by atoms with van der Waals surface area (Å²) in [7, 11) is 0. The lowest BCUT2D eigenvalue weighted by molar-refractivity contribution is -0.385. The summed E-state index contributed by atoms with van der Waals surface area (Å²) in [4.78, 5) is 17.3. The second kappa shape index (κ2) is 28.7. The van der Waals surface area contributed by atoms with Crippen LogP contribution < -0.4 is 15.0 Å². The number of piperidine rings is 1. The van der Waals surface area contributed by atoms with Crippen LogP contribution in [0.5, 0.6) is 5.75 Å². The molecule has 2 fully saturated rings. The molecule has 1 aromatic heterocycles. The highest BCUT2D eigenvalue weighted by Gasteiger charge is 2.28. The van der Waals surface area contributed by atoms with E-state index in [-0.39, 0.29) is 10.6 Å². The minimum absolute atomic E-state index is 0.0602. The van der Waals surface area contributed by atoms with E-state index in [1.165, 1.54) is 141 Å². The van der Waals surface area contributed by atoms with Crippen LogP contribution in [0.15, 0.2) is 24.5 Å². The quantitative estimate of drug-likeness (QED) is 0.0449. The lowest BCUT2D eigenvalue weighted by Crippen LogP contribution is -2.47. The highest BCUT2D eigenvalue weighted by molar-refractivity contribution is 5.82. The summed E-state index contributed by atoms with van der Waals surface area (Å²) in [6.07, 6.45) is 37.6. The number of anilines is 1. The number of benzene rings is 1. The zero-order valence-corrected chi connectivity index (χ0v) is 36.1. The van der Waals surface area contributed by atoms with Crippen LogP contribution in [-0.4, -0.2) is 72.0 Å². The number of hydrogen-bond donors (Lipinski definition) is 1. The third kappa shape index (κ3) is 17.9. The first-order chi connectivity index (χ1) is 27.6. The zero-order valence-electron chi connectivity index (χ0n) is 36.1. The molecule has 318 valence electrons. The second-order valence-electron chi connectivity index (χ2n) is 17.2. The Labute approximate surface area is 342 Å². The lowest BCUT2D eigenvalue weighted by Gasteiger charge is -2.38. The lowest BCUT2D eigenvalue weighted by atomic mass is 9.94. The van der Waals surface area contributed by atoms with Crippen LogP contribution in [0.25, 0.3) is 11.1 Å². The van der Waals surface area contributed by atoms with Gasteiger partial charge < -0.3 is 19.9 Å². The minimum Gasteiger partial charge on any atom is -0.487 e. The maximum atomic E-state index is 12.5. The highest BCUT2D eigenvalue weighted by atomic mass is 16.6. The van der Waals surface area contributed by atoms with Gasteiger partial charge in [0.1, 0.15) is 0 Å². The first kappa shape index (κ1) is 46.0. The average Bonchev–Trinajstić information content (AvgIpc) is 3.69. The van der Waals surface area contributed by atoms with Gasteiger partial charge in [0.2, 0.25) is 0 Å². The summed E-state index contributed by atoms with van der Waals surface area (Å²) >= 11 is 0. The van der Waals surface area contributed by atoms with Crippen LogP contribution in [0.4, 0.5) is 11.4 Å². The molecule has 0 unspecified atom stereocenters. The first-order valence-corrected chi connectivity index (χ1v) is 23.7. The van der Waals surface area contributed by atoms with Gasteiger partial charge in [-0.2, -0.15) is 5.10 Å². The molecule has 0 saturated carbocycles. The molecule has 0 amide bonds. The van der Waals surface area contributed by atoms with E-state index in [0.29, 0.717) is 18.3 Å². The smallest absolute Gasteiger partial charge is 0.311 e. The molecule has 2 aromatic rings. The fourth-order valence-electron chi connectivity index (χ4n) is 8.79. The molecule has 3 heterocycles. The molecule has 0 atom stereocenters. The van der Waals surface area contributed by atoms with E-state index >= 15 is 0 Å². The molecule has 2 aliphatic heterocycles. The Balaban J connectivity index is 1.30. The largest absolute Gasteiger partial charge is 0.487 e. The topological polar surface area (TPSA) is 88.7 Å². The third-order valence-electron chi connectivity index (χ3n) is 12.4. The van der Waals surface area contributed by atoms with Crippen molar-refractivity contribution in [3.8, 4) is 16.9 Å². The Morgan fingerprint density at radius 1 is 0.714 bits per heavy atom.